The molecule has 0 saturated heterocycles. The third-order valence-corrected chi connectivity index (χ3v) is 4.28. The minimum atomic E-state index is 0.0331. The molecular weight excluding hydrogens is 286 g/mol. The van der Waals surface area contributed by atoms with Gasteiger partial charge in [-0.25, -0.2) is 0 Å². The number of hydrogen-bond acceptors (Lipinski definition) is 3. The summed E-state index contributed by atoms with van der Waals surface area (Å²) in [6, 6.07) is 14.3. The van der Waals surface area contributed by atoms with E-state index in [1.807, 2.05) is 31.2 Å². The number of hydrogen-bond donors (Lipinski definition) is 2. The van der Waals surface area contributed by atoms with Crippen molar-refractivity contribution in [1.29, 1.82) is 0 Å². The number of fused-ring (bicyclic) bond motifs is 1. The predicted octanol–water partition coefficient (Wildman–Crippen LogP) is 3.43. The Kier molecular flexibility index (Phi) is 4.51. The van der Waals surface area contributed by atoms with Crippen molar-refractivity contribution in [2.24, 2.45) is 0 Å². The summed E-state index contributed by atoms with van der Waals surface area (Å²) in [4.78, 5) is 14.7. The molecule has 1 amide bonds. The quantitative estimate of drug-likeness (QED) is 0.909. The molecule has 120 valence electrons. The Morgan fingerprint density at radius 1 is 1.22 bits per heavy atom. The molecule has 0 saturated carbocycles. The Balaban J connectivity index is 1.74. The van der Waals surface area contributed by atoms with Crippen LogP contribution in [-0.4, -0.2) is 25.5 Å². The summed E-state index contributed by atoms with van der Waals surface area (Å²) in [6.45, 7) is 6.20. The maximum absolute atomic E-state index is 12.5. The Hall–Kier alpha value is -2.49. The van der Waals surface area contributed by atoms with Gasteiger partial charge in [0.25, 0.3) is 0 Å². The van der Waals surface area contributed by atoms with Crippen molar-refractivity contribution in [3.63, 3.8) is 0 Å². The summed E-state index contributed by atoms with van der Waals surface area (Å²) < 4.78 is 0. The van der Waals surface area contributed by atoms with Crippen LogP contribution in [0, 0.1) is 6.92 Å². The van der Waals surface area contributed by atoms with Gasteiger partial charge in [0.1, 0.15) is 0 Å². The van der Waals surface area contributed by atoms with Crippen LogP contribution in [0.25, 0.3) is 0 Å². The molecule has 4 heteroatoms. The van der Waals surface area contributed by atoms with Crippen molar-refractivity contribution < 1.29 is 4.79 Å². The first-order valence-corrected chi connectivity index (χ1v) is 8.15. The molecule has 2 aromatic rings. The van der Waals surface area contributed by atoms with E-state index in [1.165, 1.54) is 5.56 Å². The second-order valence-electron chi connectivity index (χ2n) is 5.88. The van der Waals surface area contributed by atoms with Crippen LogP contribution in [0.3, 0.4) is 0 Å². The monoisotopic (exact) mass is 309 g/mol. The molecule has 0 aromatic heterocycles. The third kappa shape index (κ3) is 3.31. The molecule has 3 rings (SSSR count). The summed E-state index contributed by atoms with van der Waals surface area (Å²) in [5, 5.41) is 6.48. The predicted molar refractivity (Wildman–Crippen MR) is 96.3 cm³/mol. The Morgan fingerprint density at radius 3 is 2.87 bits per heavy atom. The second-order valence-corrected chi connectivity index (χ2v) is 5.88. The molecule has 4 nitrogen and oxygen atoms in total. The average molecular weight is 309 g/mol. The van der Waals surface area contributed by atoms with E-state index in [0.29, 0.717) is 6.54 Å². The van der Waals surface area contributed by atoms with E-state index in [-0.39, 0.29) is 5.91 Å². The molecule has 0 aliphatic carbocycles. The van der Waals surface area contributed by atoms with Crippen LogP contribution >= 0.6 is 0 Å². The Labute approximate surface area is 137 Å². The van der Waals surface area contributed by atoms with Gasteiger partial charge in [0.15, 0.2) is 0 Å². The highest BCUT2D eigenvalue weighted by atomic mass is 16.2. The molecule has 0 atom stereocenters. The van der Waals surface area contributed by atoms with E-state index in [2.05, 4.69) is 40.7 Å². The van der Waals surface area contributed by atoms with Crippen LogP contribution in [0.5, 0.6) is 0 Å². The molecule has 0 spiro atoms. The number of amides is 1. The van der Waals surface area contributed by atoms with Crippen LogP contribution in [-0.2, 0) is 11.2 Å². The van der Waals surface area contributed by atoms with E-state index in [0.717, 1.165) is 42.1 Å². The highest BCUT2D eigenvalue weighted by Gasteiger charge is 2.19. The van der Waals surface area contributed by atoms with Gasteiger partial charge in [-0.3, -0.25) is 4.79 Å². The molecule has 2 N–H and O–H groups in total. The molecule has 23 heavy (non-hydrogen) atoms. The van der Waals surface area contributed by atoms with Crippen LogP contribution in [0.15, 0.2) is 42.5 Å². The van der Waals surface area contributed by atoms with Crippen LogP contribution < -0.4 is 15.5 Å². The fourth-order valence-corrected chi connectivity index (χ4v) is 3.06. The van der Waals surface area contributed by atoms with Gasteiger partial charge in [-0.2, -0.15) is 0 Å². The van der Waals surface area contributed by atoms with Gasteiger partial charge in [0.05, 0.1) is 17.9 Å². The summed E-state index contributed by atoms with van der Waals surface area (Å²) >= 11 is 0. The largest absolute Gasteiger partial charge is 0.382 e. The van der Waals surface area contributed by atoms with Crippen LogP contribution in [0.2, 0.25) is 0 Å². The first-order chi connectivity index (χ1) is 11.2. The molecule has 1 heterocycles. The molecule has 0 radical (unpaired) electrons. The molecule has 2 aromatic carbocycles. The number of carbonyl (C=O) groups is 1. The van der Waals surface area contributed by atoms with Crippen molar-refractivity contribution in [3.8, 4) is 0 Å². The number of benzene rings is 2. The zero-order valence-corrected chi connectivity index (χ0v) is 13.7. The third-order valence-electron chi connectivity index (χ3n) is 4.28. The SMILES string of the molecule is CCc1cccc(C)c1NC(=O)CN1CCNc2ccccc21. The van der Waals surface area contributed by atoms with E-state index < -0.39 is 0 Å². The normalized spacial score (nSPS) is 13.2. The number of rotatable bonds is 4. The van der Waals surface area contributed by atoms with Crippen molar-refractivity contribution in [2.75, 3.05) is 35.2 Å². The number of aryl methyl sites for hydroxylation is 2. The lowest BCUT2D eigenvalue weighted by Crippen LogP contribution is -2.39. The zero-order valence-electron chi connectivity index (χ0n) is 13.7. The molecule has 1 aliphatic rings. The van der Waals surface area contributed by atoms with Crippen LogP contribution in [0.1, 0.15) is 18.1 Å². The van der Waals surface area contributed by atoms with Crippen molar-refractivity contribution in [3.05, 3.63) is 53.6 Å². The van der Waals surface area contributed by atoms with Gasteiger partial charge < -0.3 is 15.5 Å². The van der Waals surface area contributed by atoms with Gasteiger partial charge in [-0.1, -0.05) is 37.3 Å². The van der Waals surface area contributed by atoms with E-state index in [9.17, 15) is 4.79 Å². The lowest BCUT2D eigenvalue weighted by molar-refractivity contribution is -0.115. The Morgan fingerprint density at radius 2 is 2.04 bits per heavy atom. The smallest absolute Gasteiger partial charge is 0.243 e. The topological polar surface area (TPSA) is 44.4 Å². The molecule has 1 aliphatic heterocycles. The summed E-state index contributed by atoms with van der Waals surface area (Å²) in [7, 11) is 0. The first kappa shape index (κ1) is 15.4. The van der Waals surface area contributed by atoms with Gasteiger partial charge >= 0.3 is 0 Å². The summed E-state index contributed by atoms with van der Waals surface area (Å²) in [6.07, 6.45) is 0.910. The number of para-hydroxylation sites is 3. The highest BCUT2D eigenvalue weighted by Crippen LogP contribution is 2.28. The minimum absolute atomic E-state index is 0.0331. The highest BCUT2D eigenvalue weighted by molar-refractivity contribution is 5.96. The lowest BCUT2D eigenvalue weighted by atomic mass is 10.1. The van der Waals surface area contributed by atoms with E-state index >= 15 is 0 Å². The molecule has 0 fully saturated rings. The van der Waals surface area contributed by atoms with E-state index in [4.69, 9.17) is 0 Å². The standard InChI is InChI=1S/C19H23N3O/c1-3-15-8-6-7-14(2)19(15)21-18(23)13-22-12-11-20-16-9-4-5-10-17(16)22/h4-10,20H,3,11-13H2,1-2H3,(H,21,23). The maximum atomic E-state index is 12.5. The number of carbonyl (C=O) groups excluding carboxylic acids is 1. The second kappa shape index (κ2) is 6.73. The molecule has 0 bridgehead atoms. The van der Waals surface area contributed by atoms with Crippen LogP contribution in [0.4, 0.5) is 17.1 Å². The summed E-state index contributed by atoms with van der Waals surface area (Å²) in [5.74, 6) is 0.0331. The molecular formula is C19H23N3O. The lowest BCUT2D eigenvalue weighted by Gasteiger charge is -2.31. The van der Waals surface area contributed by atoms with Gasteiger partial charge in [-0.05, 0) is 36.6 Å². The van der Waals surface area contributed by atoms with Crippen molar-refractivity contribution >= 4 is 23.0 Å². The number of nitrogens with zero attached hydrogens (tertiary/aromatic N) is 1. The first-order valence-electron chi connectivity index (χ1n) is 8.15. The fourth-order valence-electron chi connectivity index (χ4n) is 3.06. The zero-order chi connectivity index (χ0) is 16.2. The maximum Gasteiger partial charge on any atom is 0.243 e. The molecule has 0 unspecified atom stereocenters. The summed E-state index contributed by atoms with van der Waals surface area (Å²) in [5.41, 5.74) is 5.44. The number of anilines is 3. The minimum Gasteiger partial charge on any atom is -0.382 e. The Bertz CT molecular complexity index is 712. The fraction of sp³-hybridized carbons (Fsp3) is 0.316. The van der Waals surface area contributed by atoms with Gasteiger partial charge in [-0.15, -0.1) is 0 Å². The van der Waals surface area contributed by atoms with E-state index in [1.54, 1.807) is 0 Å². The van der Waals surface area contributed by atoms with Crippen molar-refractivity contribution in [1.82, 2.24) is 0 Å². The van der Waals surface area contributed by atoms with Gasteiger partial charge in [0.2, 0.25) is 5.91 Å². The van der Waals surface area contributed by atoms with Gasteiger partial charge in [0, 0.05) is 18.8 Å². The average Bonchev–Trinajstić information content (AvgIpc) is 2.57. The van der Waals surface area contributed by atoms with Crippen molar-refractivity contribution in [2.45, 2.75) is 20.3 Å². The number of nitrogens with one attached hydrogen (secondary N) is 2.